The monoisotopic (exact) mass is 523 g/mol. The number of amides is 3. The van der Waals surface area contributed by atoms with Gasteiger partial charge < -0.3 is 26.0 Å². The fourth-order valence-electron chi connectivity index (χ4n) is 4.57. The Hall–Kier alpha value is -3.46. The van der Waals surface area contributed by atoms with Crippen molar-refractivity contribution in [1.82, 2.24) is 20.5 Å². The number of unbranched alkanes of at least 4 members (excludes halogenated alkanes) is 1. The Balaban J connectivity index is 1.52. The van der Waals surface area contributed by atoms with Crippen LogP contribution < -0.4 is 16.4 Å². The van der Waals surface area contributed by atoms with Gasteiger partial charge in [0.2, 0.25) is 11.8 Å². The molecule has 2 aromatic rings. The van der Waals surface area contributed by atoms with E-state index in [-0.39, 0.29) is 17.9 Å². The second-order valence-corrected chi connectivity index (χ2v) is 10.7. The molecule has 1 aromatic carbocycles. The van der Waals surface area contributed by atoms with Crippen molar-refractivity contribution in [1.29, 1.82) is 0 Å². The summed E-state index contributed by atoms with van der Waals surface area (Å²) in [7, 11) is 0. The van der Waals surface area contributed by atoms with E-state index in [1.165, 1.54) is 0 Å². The minimum Gasteiger partial charge on any atom is -0.444 e. The standard InChI is InChI=1S/C29H41N5O4/c1-29(2,3)38-28(37)32-18-10-8-15-23(30)27(36)34-19-11-16-25(34)26(35)33-24(21-12-5-4-6-13-21)20-22-14-7-9-17-31-22/h4-7,9,12-14,17,23-25H,8,10-11,15-16,18-20,30H2,1-3H3,(H,32,37)(H,33,35)/t23-,24-,25-/m0/s1. The number of likely N-dealkylation sites (tertiary alicyclic amines) is 1. The van der Waals surface area contributed by atoms with Gasteiger partial charge in [-0.25, -0.2) is 4.79 Å². The third-order valence-electron chi connectivity index (χ3n) is 6.42. The van der Waals surface area contributed by atoms with Gasteiger partial charge in [-0.1, -0.05) is 36.4 Å². The Bertz CT molecular complexity index is 1040. The summed E-state index contributed by atoms with van der Waals surface area (Å²) in [6.07, 6.45) is 5.03. The second kappa shape index (κ2) is 13.9. The lowest BCUT2D eigenvalue weighted by Crippen LogP contribution is -2.51. The molecule has 4 N–H and O–H groups in total. The lowest BCUT2D eigenvalue weighted by Gasteiger charge is -2.28. The maximum atomic E-state index is 13.4. The van der Waals surface area contributed by atoms with Crippen LogP contribution in [0.5, 0.6) is 0 Å². The van der Waals surface area contributed by atoms with Crippen molar-refractivity contribution in [3.05, 3.63) is 66.0 Å². The van der Waals surface area contributed by atoms with Crippen LogP contribution in [-0.4, -0.2) is 58.6 Å². The number of nitrogens with one attached hydrogen (secondary N) is 2. The average molecular weight is 524 g/mol. The van der Waals surface area contributed by atoms with Crippen molar-refractivity contribution < 1.29 is 19.1 Å². The third kappa shape index (κ3) is 9.13. The van der Waals surface area contributed by atoms with E-state index in [1.54, 1.807) is 11.1 Å². The zero-order valence-electron chi connectivity index (χ0n) is 22.7. The molecule has 9 nitrogen and oxygen atoms in total. The van der Waals surface area contributed by atoms with Crippen molar-refractivity contribution in [2.75, 3.05) is 13.1 Å². The summed E-state index contributed by atoms with van der Waals surface area (Å²) in [6.45, 7) is 6.39. The van der Waals surface area contributed by atoms with Gasteiger partial charge in [-0.2, -0.15) is 0 Å². The largest absolute Gasteiger partial charge is 0.444 e. The molecule has 9 heteroatoms. The summed E-state index contributed by atoms with van der Waals surface area (Å²) in [5.74, 6) is -0.377. The molecule has 3 atom stereocenters. The molecule has 0 bridgehead atoms. The van der Waals surface area contributed by atoms with Crippen molar-refractivity contribution in [3.8, 4) is 0 Å². The second-order valence-electron chi connectivity index (χ2n) is 10.7. The van der Waals surface area contributed by atoms with Crippen LogP contribution >= 0.6 is 0 Å². The summed E-state index contributed by atoms with van der Waals surface area (Å²) in [5.41, 5.74) is 7.56. The molecule has 1 saturated heterocycles. The Morgan fingerprint density at radius 1 is 1.11 bits per heavy atom. The Kier molecular flexibility index (Phi) is 10.6. The molecule has 1 aliphatic heterocycles. The lowest BCUT2D eigenvalue weighted by atomic mass is 10.0. The number of ether oxygens (including phenoxy) is 1. The third-order valence-corrected chi connectivity index (χ3v) is 6.42. The SMILES string of the molecule is CC(C)(C)OC(=O)NCCCC[C@H](N)C(=O)N1CCC[C@H]1C(=O)N[C@@H](Cc1ccccn1)c1ccccc1. The number of pyridine rings is 1. The van der Waals surface area contributed by atoms with E-state index in [2.05, 4.69) is 15.6 Å². The molecule has 0 saturated carbocycles. The minimum absolute atomic E-state index is 0.172. The highest BCUT2D eigenvalue weighted by atomic mass is 16.6. The fraction of sp³-hybridized carbons (Fsp3) is 0.517. The van der Waals surface area contributed by atoms with Gasteiger partial charge in [0, 0.05) is 31.4 Å². The van der Waals surface area contributed by atoms with Crippen LogP contribution in [0.3, 0.4) is 0 Å². The molecule has 38 heavy (non-hydrogen) atoms. The minimum atomic E-state index is -0.691. The van der Waals surface area contributed by atoms with Gasteiger partial charge in [-0.05, 0) is 70.6 Å². The number of hydrogen-bond donors (Lipinski definition) is 3. The molecule has 2 heterocycles. The number of nitrogens with two attached hydrogens (primary N) is 1. The normalized spacial score (nSPS) is 16.9. The van der Waals surface area contributed by atoms with Crippen LogP contribution in [0.25, 0.3) is 0 Å². The van der Waals surface area contributed by atoms with Gasteiger partial charge in [0.05, 0.1) is 12.1 Å². The number of alkyl carbamates (subject to hydrolysis) is 1. The van der Waals surface area contributed by atoms with Crippen molar-refractivity contribution in [2.24, 2.45) is 5.73 Å². The van der Waals surface area contributed by atoms with Crippen molar-refractivity contribution in [3.63, 3.8) is 0 Å². The summed E-state index contributed by atoms with van der Waals surface area (Å²) in [6, 6.07) is 14.0. The molecule has 1 fully saturated rings. The Morgan fingerprint density at radius 2 is 1.84 bits per heavy atom. The lowest BCUT2D eigenvalue weighted by molar-refractivity contribution is -0.139. The quantitative estimate of drug-likeness (QED) is 0.387. The van der Waals surface area contributed by atoms with Gasteiger partial charge in [0.1, 0.15) is 11.6 Å². The first-order chi connectivity index (χ1) is 18.1. The Labute approximate surface area is 225 Å². The molecule has 1 aromatic heterocycles. The number of carbonyl (C=O) groups is 3. The van der Waals surface area contributed by atoms with Crippen molar-refractivity contribution >= 4 is 17.9 Å². The molecule has 0 radical (unpaired) electrons. The maximum Gasteiger partial charge on any atom is 0.407 e. The zero-order valence-corrected chi connectivity index (χ0v) is 22.7. The van der Waals surface area contributed by atoms with E-state index in [4.69, 9.17) is 10.5 Å². The topological polar surface area (TPSA) is 127 Å². The molecule has 0 spiro atoms. The predicted octanol–water partition coefficient (Wildman–Crippen LogP) is 3.49. The van der Waals surface area contributed by atoms with Crippen molar-refractivity contribution in [2.45, 2.75) is 83.0 Å². The average Bonchev–Trinajstić information content (AvgIpc) is 3.38. The van der Waals surface area contributed by atoms with Gasteiger partial charge in [0.25, 0.3) is 0 Å². The number of benzene rings is 1. The molecule has 3 rings (SSSR count). The van der Waals surface area contributed by atoms with Crippen LogP contribution in [0.15, 0.2) is 54.7 Å². The van der Waals surface area contributed by atoms with E-state index in [1.807, 2.05) is 69.3 Å². The van der Waals surface area contributed by atoms with Gasteiger partial charge in [-0.15, -0.1) is 0 Å². The van der Waals surface area contributed by atoms with E-state index >= 15 is 0 Å². The smallest absolute Gasteiger partial charge is 0.407 e. The molecule has 3 amide bonds. The number of carbonyl (C=O) groups excluding carboxylic acids is 3. The highest BCUT2D eigenvalue weighted by Gasteiger charge is 2.36. The summed E-state index contributed by atoms with van der Waals surface area (Å²) in [5, 5.41) is 5.88. The van der Waals surface area contributed by atoms with Crippen LogP contribution in [0, 0.1) is 0 Å². The van der Waals surface area contributed by atoms with E-state index < -0.39 is 23.8 Å². The molecule has 206 valence electrons. The van der Waals surface area contributed by atoms with Crippen LogP contribution in [-0.2, 0) is 20.7 Å². The molecular weight excluding hydrogens is 482 g/mol. The van der Waals surface area contributed by atoms with E-state index in [9.17, 15) is 14.4 Å². The molecule has 1 aliphatic rings. The highest BCUT2D eigenvalue weighted by molar-refractivity contribution is 5.90. The first-order valence-corrected chi connectivity index (χ1v) is 13.4. The first kappa shape index (κ1) is 29.1. The zero-order chi connectivity index (χ0) is 27.5. The summed E-state index contributed by atoms with van der Waals surface area (Å²) in [4.78, 5) is 44.4. The number of nitrogens with zero attached hydrogens (tertiary/aromatic N) is 2. The first-order valence-electron chi connectivity index (χ1n) is 13.4. The van der Waals surface area contributed by atoms with Crippen LogP contribution in [0.1, 0.15) is 70.2 Å². The van der Waals surface area contributed by atoms with Gasteiger partial charge in [0.15, 0.2) is 0 Å². The molecular formula is C29H41N5O4. The maximum absolute atomic E-state index is 13.4. The van der Waals surface area contributed by atoms with Crippen LogP contribution in [0.2, 0.25) is 0 Å². The molecule has 0 unspecified atom stereocenters. The van der Waals surface area contributed by atoms with Gasteiger partial charge in [-0.3, -0.25) is 14.6 Å². The van der Waals surface area contributed by atoms with Crippen LogP contribution in [0.4, 0.5) is 4.79 Å². The Morgan fingerprint density at radius 3 is 2.53 bits per heavy atom. The summed E-state index contributed by atoms with van der Waals surface area (Å²) < 4.78 is 5.22. The van der Waals surface area contributed by atoms with E-state index in [0.717, 1.165) is 17.7 Å². The van der Waals surface area contributed by atoms with Gasteiger partial charge >= 0.3 is 6.09 Å². The number of hydrogen-bond acceptors (Lipinski definition) is 6. The summed E-state index contributed by atoms with van der Waals surface area (Å²) >= 11 is 0. The number of rotatable bonds is 11. The molecule has 0 aliphatic carbocycles. The predicted molar refractivity (Wildman–Crippen MR) is 146 cm³/mol. The number of aromatic nitrogens is 1. The highest BCUT2D eigenvalue weighted by Crippen LogP contribution is 2.23. The fourth-order valence-corrected chi connectivity index (χ4v) is 4.57. The van der Waals surface area contributed by atoms with E-state index in [0.29, 0.717) is 45.2 Å².